The van der Waals surface area contributed by atoms with Gasteiger partial charge in [-0.2, -0.15) is 0 Å². The highest BCUT2D eigenvalue weighted by Gasteiger charge is 2.33. The predicted octanol–water partition coefficient (Wildman–Crippen LogP) is 7.30. The molecule has 0 amide bonds. The topological polar surface area (TPSA) is 47.5 Å². The molecule has 0 saturated heterocycles. The number of hydrogen-bond donors (Lipinski definition) is 0. The molecule has 0 spiro atoms. The number of furan rings is 1. The molecule has 0 fully saturated rings. The highest BCUT2D eigenvalue weighted by molar-refractivity contribution is 9.10. The van der Waals surface area contributed by atoms with Crippen molar-refractivity contribution in [2.75, 3.05) is 0 Å². The average molecular weight is 614 g/mol. The number of halogens is 2. The van der Waals surface area contributed by atoms with E-state index in [4.69, 9.17) is 21.0 Å². The van der Waals surface area contributed by atoms with Gasteiger partial charge in [0.25, 0.3) is 5.56 Å². The van der Waals surface area contributed by atoms with Gasteiger partial charge in [-0.15, -0.1) is 0 Å². The van der Waals surface area contributed by atoms with Crippen molar-refractivity contribution in [3.63, 3.8) is 0 Å². The zero-order valence-electron chi connectivity index (χ0n) is 20.9. The van der Waals surface area contributed by atoms with Crippen LogP contribution in [-0.2, 0) is 6.42 Å². The van der Waals surface area contributed by atoms with Crippen LogP contribution >= 0.6 is 38.9 Å². The molecule has 0 unspecified atom stereocenters. The number of aryl methyl sites for hydroxylation is 2. The number of fused-ring (bicyclic) bond motifs is 3. The van der Waals surface area contributed by atoms with Crippen molar-refractivity contribution >= 4 is 50.6 Å². The van der Waals surface area contributed by atoms with Crippen LogP contribution < -0.4 is 14.9 Å². The summed E-state index contributed by atoms with van der Waals surface area (Å²) < 4.78 is 9.51. The molecule has 0 saturated carbocycles. The lowest BCUT2D eigenvalue weighted by Gasteiger charge is -2.31. The van der Waals surface area contributed by atoms with Crippen molar-refractivity contribution in [1.29, 1.82) is 0 Å². The maximum absolute atomic E-state index is 14.0. The van der Waals surface area contributed by atoms with E-state index < -0.39 is 0 Å². The van der Waals surface area contributed by atoms with Crippen molar-refractivity contribution in [1.82, 2.24) is 4.57 Å². The van der Waals surface area contributed by atoms with Crippen LogP contribution in [0.2, 0.25) is 5.02 Å². The van der Waals surface area contributed by atoms with Gasteiger partial charge in [0.05, 0.1) is 16.3 Å². The van der Waals surface area contributed by atoms with Crippen molar-refractivity contribution in [2.45, 2.75) is 25.8 Å². The third-order valence-corrected chi connectivity index (χ3v) is 9.35. The second kappa shape index (κ2) is 9.63. The minimum atomic E-state index is -0.309. The fraction of sp³-hybridized carbons (Fsp3) is 0.125. The molecule has 2 aliphatic rings. The van der Waals surface area contributed by atoms with Crippen LogP contribution in [0.15, 0.2) is 103 Å². The summed E-state index contributed by atoms with van der Waals surface area (Å²) >= 11 is 11.8. The Labute approximate surface area is 242 Å². The fourth-order valence-electron chi connectivity index (χ4n) is 5.52. The Bertz CT molecular complexity index is 2000. The summed E-state index contributed by atoms with van der Waals surface area (Å²) in [6, 6.07) is 25.9. The summed E-state index contributed by atoms with van der Waals surface area (Å²) in [5.74, 6) is 1.35. The van der Waals surface area contributed by atoms with Gasteiger partial charge in [-0.25, -0.2) is 4.99 Å². The Morgan fingerprint density at radius 2 is 1.85 bits per heavy atom. The average Bonchev–Trinajstić information content (AvgIpc) is 3.52. The van der Waals surface area contributed by atoms with E-state index >= 15 is 0 Å². The van der Waals surface area contributed by atoms with E-state index in [2.05, 4.69) is 46.3 Å². The van der Waals surface area contributed by atoms with Gasteiger partial charge in [0, 0.05) is 26.7 Å². The lowest BCUT2D eigenvalue weighted by atomic mass is 9.83. The second-order valence-electron chi connectivity index (χ2n) is 9.82. The standard InChI is InChI=1S/C32H22BrClN2O2S/c1-18-10-13-22(25(33)16-18)27-15-12-20(38-27)17-28-31(37)36-30(23-8-4-5-9-26(23)34)24-14-11-19-6-2-3-7-21(19)29(24)35-32(36)39-28/h2-10,12-13,15-17,30H,11,14H2,1H3/b28-17+/t30-/m0/s1. The van der Waals surface area contributed by atoms with Crippen LogP contribution in [-0.4, -0.2) is 4.57 Å². The van der Waals surface area contributed by atoms with Gasteiger partial charge in [-0.3, -0.25) is 9.36 Å². The molecule has 0 bridgehead atoms. The SMILES string of the molecule is Cc1ccc(-c2ccc(/C=c3/sc4n(c3=O)[C@@H](c3ccccc3Cl)C3=C(N=4)c4ccccc4CC3)o2)c(Br)c1. The quantitative estimate of drug-likeness (QED) is 0.214. The van der Waals surface area contributed by atoms with E-state index in [1.54, 1.807) is 0 Å². The molecule has 3 heterocycles. The van der Waals surface area contributed by atoms with E-state index in [0.717, 1.165) is 56.6 Å². The van der Waals surface area contributed by atoms with Gasteiger partial charge < -0.3 is 4.42 Å². The number of allylic oxidation sites excluding steroid dienone is 1. The molecule has 1 aliphatic carbocycles. The lowest BCUT2D eigenvalue weighted by molar-refractivity contribution is 0.570. The van der Waals surface area contributed by atoms with Gasteiger partial charge in [-0.1, -0.05) is 87.4 Å². The Balaban J connectivity index is 1.41. The first kappa shape index (κ1) is 24.6. The number of benzene rings is 3. The van der Waals surface area contributed by atoms with E-state index in [-0.39, 0.29) is 11.6 Å². The molecule has 7 heteroatoms. The highest BCUT2D eigenvalue weighted by atomic mass is 79.9. The minimum absolute atomic E-state index is 0.0939. The number of rotatable bonds is 3. The summed E-state index contributed by atoms with van der Waals surface area (Å²) in [6.07, 6.45) is 3.54. The molecule has 1 aliphatic heterocycles. The predicted molar refractivity (Wildman–Crippen MR) is 161 cm³/mol. The zero-order valence-corrected chi connectivity index (χ0v) is 24.1. The summed E-state index contributed by atoms with van der Waals surface area (Å²) in [5, 5.41) is 0.643. The van der Waals surface area contributed by atoms with Gasteiger partial charge in [-0.05, 0) is 72.4 Å². The number of thiazole rings is 1. The summed E-state index contributed by atoms with van der Waals surface area (Å²) in [4.78, 5) is 19.7. The number of hydrogen-bond acceptors (Lipinski definition) is 4. The van der Waals surface area contributed by atoms with Crippen molar-refractivity contribution in [3.8, 4) is 11.3 Å². The third-order valence-electron chi connectivity index (χ3n) is 7.36. The van der Waals surface area contributed by atoms with Crippen LogP contribution in [0.25, 0.3) is 23.1 Å². The lowest BCUT2D eigenvalue weighted by Crippen LogP contribution is -2.38. The van der Waals surface area contributed by atoms with E-state index in [0.29, 0.717) is 20.1 Å². The summed E-state index contributed by atoms with van der Waals surface area (Å²) in [7, 11) is 0. The van der Waals surface area contributed by atoms with E-state index in [1.165, 1.54) is 16.9 Å². The Morgan fingerprint density at radius 3 is 2.69 bits per heavy atom. The molecule has 0 N–H and O–H groups in total. The number of aromatic nitrogens is 1. The number of nitrogens with zero attached hydrogens (tertiary/aromatic N) is 2. The largest absolute Gasteiger partial charge is 0.457 e. The first-order valence-electron chi connectivity index (χ1n) is 12.7. The fourth-order valence-corrected chi connectivity index (χ4v) is 7.43. The van der Waals surface area contributed by atoms with Crippen LogP contribution in [0, 0.1) is 6.92 Å². The van der Waals surface area contributed by atoms with Crippen molar-refractivity contribution in [2.24, 2.45) is 4.99 Å². The molecule has 39 heavy (non-hydrogen) atoms. The summed E-state index contributed by atoms with van der Waals surface area (Å²) in [6.45, 7) is 2.05. The van der Waals surface area contributed by atoms with Gasteiger partial charge in [0.15, 0.2) is 4.80 Å². The second-order valence-corrected chi connectivity index (χ2v) is 12.1. The molecule has 192 valence electrons. The van der Waals surface area contributed by atoms with Gasteiger partial charge >= 0.3 is 0 Å². The molecule has 1 atom stereocenters. The molecule has 7 rings (SSSR count). The van der Waals surface area contributed by atoms with Gasteiger partial charge in [0.1, 0.15) is 11.5 Å². The Kier molecular flexibility index (Phi) is 6.07. The Morgan fingerprint density at radius 1 is 1.03 bits per heavy atom. The van der Waals surface area contributed by atoms with Crippen molar-refractivity contribution < 1.29 is 4.42 Å². The molecule has 3 aromatic carbocycles. The highest BCUT2D eigenvalue weighted by Crippen LogP contribution is 2.42. The molecular weight excluding hydrogens is 592 g/mol. The zero-order chi connectivity index (χ0) is 26.7. The third kappa shape index (κ3) is 4.18. The van der Waals surface area contributed by atoms with Gasteiger partial charge in [0.2, 0.25) is 0 Å². The van der Waals surface area contributed by atoms with Crippen LogP contribution in [0.3, 0.4) is 0 Å². The van der Waals surface area contributed by atoms with Crippen molar-refractivity contribution in [3.05, 3.63) is 142 Å². The maximum Gasteiger partial charge on any atom is 0.271 e. The van der Waals surface area contributed by atoms with E-state index in [9.17, 15) is 4.79 Å². The molecule has 5 aromatic rings. The Hall–Kier alpha value is -3.45. The normalized spacial score (nSPS) is 16.5. The minimum Gasteiger partial charge on any atom is -0.457 e. The first-order valence-corrected chi connectivity index (χ1v) is 14.7. The maximum atomic E-state index is 14.0. The van der Waals surface area contributed by atoms with Crippen LogP contribution in [0.5, 0.6) is 0 Å². The smallest absolute Gasteiger partial charge is 0.271 e. The van der Waals surface area contributed by atoms with E-state index in [1.807, 2.05) is 66.1 Å². The van der Waals surface area contributed by atoms with Crippen LogP contribution in [0.1, 0.15) is 40.5 Å². The summed E-state index contributed by atoms with van der Waals surface area (Å²) in [5.41, 5.74) is 7.45. The molecular formula is C32H22BrClN2O2S. The molecule has 0 radical (unpaired) electrons. The monoisotopic (exact) mass is 612 g/mol. The van der Waals surface area contributed by atoms with Crippen LogP contribution in [0.4, 0.5) is 0 Å². The molecule has 2 aromatic heterocycles. The molecule has 4 nitrogen and oxygen atoms in total. The first-order chi connectivity index (χ1) is 19.0.